The molecule has 0 radical (unpaired) electrons. The molecule has 0 aromatic carbocycles. The zero-order valence-electron chi connectivity index (χ0n) is 8.66. The van der Waals surface area contributed by atoms with Gasteiger partial charge in [-0.25, -0.2) is 0 Å². The van der Waals surface area contributed by atoms with E-state index in [1.807, 2.05) is 0 Å². The van der Waals surface area contributed by atoms with Crippen molar-refractivity contribution in [3.8, 4) is 5.88 Å². The normalized spacial score (nSPS) is 17.2. The predicted molar refractivity (Wildman–Crippen MR) is 57.9 cm³/mol. The van der Waals surface area contributed by atoms with Gasteiger partial charge in [0.2, 0.25) is 5.88 Å². The van der Waals surface area contributed by atoms with Crippen molar-refractivity contribution in [2.75, 3.05) is 24.8 Å². The Kier molecular flexibility index (Phi) is 2.40. The molecule has 0 atom stereocenters. The molecule has 0 aliphatic heterocycles. The van der Waals surface area contributed by atoms with Gasteiger partial charge >= 0.3 is 0 Å². The molecule has 1 heterocycles. The van der Waals surface area contributed by atoms with E-state index in [1.165, 1.54) is 7.11 Å². The molecule has 5 nitrogen and oxygen atoms in total. The predicted octanol–water partition coefficient (Wildman–Crippen LogP) is 0.609. The fourth-order valence-electron chi connectivity index (χ4n) is 1.43. The Bertz CT molecular complexity index is 364. The largest absolute Gasteiger partial charge is 0.479 e. The summed E-state index contributed by atoms with van der Waals surface area (Å²) in [7, 11) is 1.53. The van der Waals surface area contributed by atoms with Gasteiger partial charge in [0.25, 0.3) is 0 Å². The van der Waals surface area contributed by atoms with Crippen LogP contribution in [-0.2, 0) is 0 Å². The third-order valence-electron chi connectivity index (χ3n) is 2.63. The molecule has 1 aliphatic rings. The van der Waals surface area contributed by atoms with E-state index in [0.29, 0.717) is 17.4 Å². The first-order chi connectivity index (χ1) is 7.19. The van der Waals surface area contributed by atoms with E-state index in [1.54, 1.807) is 12.1 Å². The number of anilines is 2. The Morgan fingerprint density at radius 2 is 2.33 bits per heavy atom. The third kappa shape index (κ3) is 1.97. The maximum Gasteiger partial charge on any atom is 0.238 e. The standard InChI is InChI=1S/C10H15N3O2/c1-15-9-7(11)2-3-8(12-9)13-10(6-14)4-5-10/h2-3,14H,4-6,11H2,1H3,(H,12,13). The van der Waals surface area contributed by atoms with Crippen LogP contribution >= 0.6 is 0 Å². The molecule has 1 fully saturated rings. The molecule has 0 saturated heterocycles. The summed E-state index contributed by atoms with van der Waals surface area (Å²) in [5.41, 5.74) is 5.99. The number of nitrogen functional groups attached to an aromatic ring is 1. The maximum atomic E-state index is 9.15. The SMILES string of the molecule is COc1nc(NC2(CO)CC2)ccc1N. The van der Waals surface area contributed by atoms with Gasteiger partial charge in [0, 0.05) is 0 Å². The molecule has 15 heavy (non-hydrogen) atoms. The lowest BCUT2D eigenvalue weighted by molar-refractivity contribution is 0.266. The number of nitrogens with two attached hydrogens (primary N) is 1. The minimum atomic E-state index is -0.172. The molecule has 0 bridgehead atoms. The highest BCUT2D eigenvalue weighted by atomic mass is 16.5. The second-order valence-corrected chi connectivity index (χ2v) is 3.86. The fraction of sp³-hybridized carbons (Fsp3) is 0.500. The van der Waals surface area contributed by atoms with E-state index >= 15 is 0 Å². The van der Waals surface area contributed by atoms with Crippen molar-refractivity contribution < 1.29 is 9.84 Å². The molecule has 1 aromatic heterocycles. The van der Waals surface area contributed by atoms with E-state index in [9.17, 15) is 0 Å². The second kappa shape index (κ2) is 3.58. The number of nitrogens with zero attached hydrogens (tertiary/aromatic N) is 1. The Labute approximate surface area is 88.3 Å². The quantitative estimate of drug-likeness (QED) is 0.677. The van der Waals surface area contributed by atoms with Crippen LogP contribution in [0.25, 0.3) is 0 Å². The number of nitrogens with one attached hydrogen (secondary N) is 1. The molecule has 1 saturated carbocycles. The Morgan fingerprint density at radius 3 is 2.87 bits per heavy atom. The summed E-state index contributed by atoms with van der Waals surface area (Å²) in [5.74, 6) is 1.10. The monoisotopic (exact) mass is 209 g/mol. The second-order valence-electron chi connectivity index (χ2n) is 3.86. The number of methoxy groups -OCH3 is 1. The van der Waals surface area contributed by atoms with Gasteiger partial charge in [0.05, 0.1) is 24.9 Å². The van der Waals surface area contributed by atoms with Crippen LogP contribution in [0.15, 0.2) is 12.1 Å². The van der Waals surface area contributed by atoms with Crippen LogP contribution in [0.4, 0.5) is 11.5 Å². The summed E-state index contributed by atoms with van der Waals surface area (Å²) in [6.07, 6.45) is 1.94. The third-order valence-corrected chi connectivity index (χ3v) is 2.63. The van der Waals surface area contributed by atoms with Crippen molar-refractivity contribution in [1.29, 1.82) is 0 Å². The molecule has 2 rings (SSSR count). The summed E-state index contributed by atoms with van der Waals surface area (Å²) in [5, 5.41) is 12.3. The van der Waals surface area contributed by atoms with E-state index in [4.69, 9.17) is 15.6 Å². The van der Waals surface area contributed by atoms with Crippen molar-refractivity contribution in [3.05, 3.63) is 12.1 Å². The lowest BCUT2D eigenvalue weighted by Crippen LogP contribution is -2.26. The summed E-state index contributed by atoms with van der Waals surface area (Å²) in [6, 6.07) is 3.52. The van der Waals surface area contributed by atoms with Gasteiger partial charge < -0.3 is 20.9 Å². The summed E-state index contributed by atoms with van der Waals surface area (Å²) < 4.78 is 5.02. The number of hydrogen-bond acceptors (Lipinski definition) is 5. The molecule has 0 spiro atoms. The minimum absolute atomic E-state index is 0.126. The van der Waals surface area contributed by atoms with Crippen molar-refractivity contribution in [2.24, 2.45) is 0 Å². The number of hydrogen-bond donors (Lipinski definition) is 3. The molecule has 4 N–H and O–H groups in total. The molecule has 82 valence electrons. The molecule has 1 aromatic rings. The summed E-state index contributed by atoms with van der Waals surface area (Å²) in [4.78, 5) is 4.19. The molecular formula is C10H15N3O2. The molecule has 5 heteroatoms. The Morgan fingerprint density at radius 1 is 1.60 bits per heavy atom. The summed E-state index contributed by atoms with van der Waals surface area (Å²) in [6.45, 7) is 0.126. The van der Waals surface area contributed by atoms with E-state index in [0.717, 1.165) is 12.8 Å². The number of rotatable bonds is 4. The van der Waals surface area contributed by atoms with Crippen LogP contribution in [0.5, 0.6) is 5.88 Å². The number of aliphatic hydroxyl groups excluding tert-OH is 1. The Balaban J connectivity index is 2.15. The minimum Gasteiger partial charge on any atom is -0.479 e. The number of aromatic nitrogens is 1. The first-order valence-corrected chi connectivity index (χ1v) is 4.89. The average Bonchev–Trinajstić information content (AvgIpc) is 3.02. The van der Waals surface area contributed by atoms with Crippen LogP contribution in [-0.4, -0.2) is 29.3 Å². The highest BCUT2D eigenvalue weighted by Gasteiger charge is 2.42. The first kappa shape index (κ1) is 10.0. The fourth-order valence-corrected chi connectivity index (χ4v) is 1.43. The zero-order chi connectivity index (χ0) is 10.9. The van der Waals surface area contributed by atoms with Gasteiger partial charge in [0.15, 0.2) is 0 Å². The number of ether oxygens (including phenoxy) is 1. The topological polar surface area (TPSA) is 80.4 Å². The average molecular weight is 209 g/mol. The van der Waals surface area contributed by atoms with Crippen LogP contribution in [0.3, 0.4) is 0 Å². The number of aliphatic hydroxyl groups is 1. The van der Waals surface area contributed by atoms with Gasteiger partial charge in [-0.05, 0) is 25.0 Å². The lowest BCUT2D eigenvalue weighted by Gasteiger charge is -2.15. The highest BCUT2D eigenvalue weighted by molar-refractivity contribution is 5.54. The van der Waals surface area contributed by atoms with Crippen molar-refractivity contribution in [1.82, 2.24) is 4.98 Å². The van der Waals surface area contributed by atoms with Crippen LogP contribution in [0.2, 0.25) is 0 Å². The Hall–Kier alpha value is -1.49. The van der Waals surface area contributed by atoms with Crippen molar-refractivity contribution >= 4 is 11.5 Å². The van der Waals surface area contributed by atoms with Gasteiger partial charge in [-0.15, -0.1) is 0 Å². The van der Waals surface area contributed by atoms with Crippen LogP contribution in [0, 0.1) is 0 Å². The van der Waals surface area contributed by atoms with Crippen LogP contribution < -0.4 is 15.8 Å². The number of pyridine rings is 1. The van der Waals surface area contributed by atoms with Gasteiger partial charge in [-0.2, -0.15) is 4.98 Å². The van der Waals surface area contributed by atoms with E-state index in [2.05, 4.69) is 10.3 Å². The lowest BCUT2D eigenvalue weighted by atomic mass is 10.3. The van der Waals surface area contributed by atoms with Gasteiger partial charge in [-0.3, -0.25) is 0 Å². The molecule has 1 aliphatic carbocycles. The zero-order valence-corrected chi connectivity index (χ0v) is 8.66. The van der Waals surface area contributed by atoms with E-state index < -0.39 is 0 Å². The smallest absolute Gasteiger partial charge is 0.238 e. The van der Waals surface area contributed by atoms with Crippen molar-refractivity contribution in [3.63, 3.8) is 0 Å². The highest BCUT2D eigenvalue weighted by Crippen LogP contribution is 2.38. The van der Waals surface area contributed by atoms with Gasteiger partial charge in [0.1, 0.15) is 5.82 Å². The van der Waals surface area contributed by atoms with E-state index in [-0.39, 0.29) is 12.1 Å². The van der Waals surface area contributed by atoms with Crippen LogP contribution in [0.1, 0.15) is 12.8 Å². The molecule has 0 amide bonds. The first-order valence-electron chi connectivity index (χ1n) is 4.89. The summed E-state index contributed by atoms with van der Waals surface area (Å²) >= 11 is 0. The maximum absolute atomic E-state index is 9.15. The van der Waals surface area contributed by atoms with Gasteiger partial charge in [-0.1, -0.05) is 0 Å². The van der Waals surface area contributed by atoms with Crippen molar-refractivity contribution in [2.45, 2.75) is 18.4 Å². The molecular weight excluding hydrogens is 194 g/mol. The molecule has 0 unspecified atom stereocenters.